The van der Waals surface area contributed by atoms with E-state index in [1.165, 1.54) is 6.07 Å². The molecule has 1 aromatic carbocycles. The molecule has 9 nitrogen and oxygen atoms in total. The maximum atomic E-state index is 12.0. The minimum atomic E-state index is -3.77. The van der Waals surface area contributed by atoms with Crippen molar-refractivity contribution in [1.29, 1.82) is 0 Å². The van der Waals surface area contributed by atoms with E-state index in [0.29, 0.717) is 24.7 Å². The number of hydrogen-bond donors (Lipinski definition) is 2. The molecule has 1 unspecified atom stereocenters. The lowest BCUT2D eigenvalue weighted by atomic mass is 10.1. The standard InChI is InChI=1S/C18H20N2O7S2/c1-12(13-4-5-14-15(9-13)26-7-6-25-14)20-16(21)11-27-17(22)10-19-29(23,24)18-3-2-8-28-18/h2-5,8-9,12,19H,6-7,10-11H2,1H3,(H,20,21). The Kier molecular flexibility index (Phi) is 6.72. The summed E-state index contributed by atoms with van der Waals surface area (Å²) in [5.41, 5.74) is 0.803. The summed E-state index contributed by atoms with van der Waals surface area (Å²) in [6, 6.07) is 8.02. The van der Waals surface area contributed by atoms with Crippen LogP contribution < -0.4 is 19.5 Å². The van der Waals surface area contributed by atoms with E-state index in [1.807, 2.05) is 6.07 Å². The fourth-order valence-corrected chi connectivity index (χ4v) is 4.54. The number of amides is 1. The van der Waals surface area contributed by atoms with Gasteiger partial charge >= 0.3 is 5.97 Å². The van der Waals surface area contributed by atoms with E-state index in [4.69, 9.17) is 14.2 Å². The molecule has 2 aromatic rings. The summed E-state index contributed by atoms with van der Waals surface area (Å²) in [6.07, 6.45) is 0. The zero-order valence-corrected chi connectivity index (χ0v) is 17.2. The van der Waals surface area contributed by atoms with E-state index in [1.54, 1.807) is 30.5 Å². The lowest BCUT2D eigenvalue weighted by Gasteiger charge is -2.21. The lowest BCUT2D eigenvalue weighted by molar-refractivity contribution is -0.147. The van der Waals surface area contributed by atoms with Crippen LogP contribution in [0.2, 0.25) is 0 Å². The Morgan fingerprint density at radius 1 is 1.21 bits per heavy atom. The molecule has 0 fully saturated rings. The van der Waals surface area contributed by atoms with Gasteiger partial charge in [0.2, 0.25) is 0 Å². The Morgan fingerprint density at radius 3 is 2.69 bits per heavy atom. The van der Waals surface area contributed by atoms with Gasteiger partial charge in [0.15, 0.2) is 18.1 Å². The third-order valence-corrected chi connectivity index (χ3v) is 6.77. The third kappa shape index (κ3) is 5.68. The Bertz CT molecular complexity index is 974. The zero-order valence-electron chi connectivity index (χ0n) is 15.5. The molecule has 1 amide bonds. The van der Waals surface area contributed by atoms with E-state index in [-0.39, 0.29) is 10.3 Å². The quantitative estimate of drug-likeness (QED) is 0.592. The summed E-state index contributed by atoms with van der Waals surface area (Å²) >= 11 is 1.03. The van der Waals surface area contributed by atoms with Gasteiger partial charge in [-0.15, -0.1) is 11.3 Å². The Balaban J connectivity index is 1.44. The van der Waals surface area contributed by atoms with Crippen molar-refractivity contribution in [2.24, 2.45) is 0 Å². The molecule has 11 heteroatoms. The van der Waals surface area contributed by atoms with Gasteiger partial charge in [0, 0.05) is 0 Å². The van der Waals surface area contributed by atoms with E-state index in [0.717, 1.165) is 16.9 Å². The first-order valence-corrected chi connectivity index (χ1v) is 11.1. The third-order valence-electron chi connectivity index (χ3n) is 3.97. The molecule has 3 rings (SSSR count). The fourth-order valence-electron chi connectivity index (χ4n) is 2.53. The Hall–Kier alpha value is -2.63. The van der Waals surface area contributed by atoms with E-state index < -0.39 is 35.1 Å². The van der Waals surface area contributed by atoms with E-state index in [2.05, 4.69) is 10.0 Å². The second-order valence-electron chi connectivity index (χ2n) is 6.11. The summed E-state index contributed by atoms with van der Waals surface area (Å²) in [5.74, 6) is -0.106. The number of benzene rings is 1. The highest BCUT2D eigenvalue weighted by molar-refractivity contribution is 7.91. The predicted octanol–water partition coefficient (Wildman–Crippen LogP) is 1.22. The maximum Gasteiger partial charge on any atom is 0.321 e. The number of esters is 1. The molecule has 0 radical (unpaired) electrons. The van der Waals surface area contributed by atoms with Crippen molar-refractivity contribution in [1.82, 2.24) is 10.0 Å². The van der Waals surface area contributed by atoms with Crippen molar-refractivity contribution < 1.29 is 32.2 Å². The molecule has 1 aliphatic rings. The number of nitrogens with one attached hydrogen (secondary N) is 2. The normalized spacial score (nSPS) is 14.1. The molecule has 0 spiro atoms. The van der Waals surface area contributed by atoms with Gasteiger partial charge in [-0.1, -0.05) is 12.1 Å². The van der Waals surface area contributed by atoms with Gasteiger partial charge in [0.1, 0.15) is 24.0 Å². The predicted molar refractivity (Wildman–Crippen MR) is 104 cm³/mol. The van der Waals surface area contributed by atoms with E-state index >= 15 is 0 Å². The monoisotopic (exact) mass is 440 g/mol. The largest absolute Gasteiger partial charge is 0.486 e. The molecule has 1 aromatic heterocycles. The number of sulfonamides is 1. The van der Waals surface area contributed by atoms with Crippen molar-refractivity contribution in [2.45, 2.75) is 17.2 Å². The van der Waals surface area contributed by atoms with Crippen LogP contribution in [0.25, 0.3) is 0 Å². The van der Waals surface area contributed by atoms with Crippen LogP contribution in [0.1, 0.15) is 18.5 Å². The summed E-state index contributed by atoms with van der Waals surface area (Å²) in [7, 11) is -3.77. The zero-order chi connectivity index (χ0) is 20.9. The number of rotatable bonds is 8. The molecule has 0 saturated carbocycles. The first-order valence-electron chi connectivity index (χ1n) is 8.73. The minimum Gasteiger partial charge on any atom is -0.486 e. The highest BCUT2D eigenvalue weighted by Crippen LogP contribution is 2.32. The van der Waals surface area contributed by atoms with Gasteiger partial charge in [-0.05, 0) is 36.1 Å². The van der Waals surface area contributed by atoms with Crippen LogP contribution in [0.15, 0.2) is 39.9 Å². The second-order valence-corrected chi connectivity index (χ2v) is 9.05. The number of hydrogen-bond acceptors (Lipinski definition) is 8. The average molecular weight is 440 g/mol. The topological polar surface area (TPSA) is 120 Å². The van der Waals surface area contributed by atoms with Gasteiger partial charge in [0.25, 0.3) is 15.9 Å². The summed E-state index contributed by atoms with van der Waals surface area (Å²) in [4.78, 5) is 23.8. The molecular weight excluding hydrogens is 420 g/mol. The molecule has 156 valence electrons. The van der Waals surface area contributed by atoms with Crippen LogP contribution in [0.3, 0.4) is 0 Å². The first kappa shape index (κ1) is 21.1. The van der Waals surface area contributed by atoms with Crippen molar-refractivity contribution in [2.75, 3.05) is 26.4 Å². The Morgan fingerprint density at radius 2 is 1.97 bits per heavy atom. The van der Waals surface area contributed by atoms with Gasteiger partial charge < -0.3 is 19.5 Å². The maximum absolute atomic E-state index is 12.0. The smallest absolute Gasteiger partial charge is 0.321 e. The number of fused-ring (bicyclic) bond motifs is 1. The highest BCUT2D eigenvalue weighted by atomic mass is 32.2. The molecule has 2 heterocycles. The minimum absolute atomic E-state index is 0.0938. The van der Waals surface area contributed by atoms with Crippen LogP contribution >= 0.6 is 11.3 Å². The second kappa shape index (κ2) is 9.25. The molecule has 1 atom stereocenters. The van der Waals surface area contributed by atoms with Gasteiger partial charge in [-0.2, -0.15) is 4.72 Å². The summed E-state index contributed by atoms with van der Waals surface area (Å²) in [5, 5.41) is 4.31. The molecule has 0 bridgehead atoms. The molecule has 0 aliphatic carbocycles. The van der Waals surface area contributed by atoms with Gasteiger partial charge in [-0.3, -0.25) is 9.59 Å². The van der Waals surface area contributed by atoms with Crippen LogP contribution in [0.4, 0.5) is 0 Å². The number of thiophene rings is 1. The lowest BCUT2D eigenvalue weighted by Crippen LogP contribution is -2.34. The Labute approximate surface area is 172 Å². The van der Waals surface area contributed by atoms with Crippen molar-refractivity contribution in [3.05, 3.63) is 41.3 Å². The molecule has 2 N–H and O–H groups in total. The fraction of sp³-hybridized carbons (Fsp3) is 0.333. The molecule has 0 saturated heterocycles. The van der Waals surface area contributed by atoms with Gasteiger partial charge in [0.05, 0.1) is 6.04 Å². The number of carbonyl (C=O) groups excluding carboxylic acids is 2. The summed E-state index contributed by atoms with van der Waals surface area (Å²) in [6.45, 7) is 1.65. The SMILES string of the molecule is CC(NC(=O)COC(=O)CNS(=O)(=O)c1cccs1)c1ccc2c(c1)OCCO2. The van der Waals surface area contributed by atoms with Crippen LogP contribution in [0.5, 0.6) is 11.5 Å². The van der Waals surface area contributed by atoms with Crippen molar-refractivity contribution >= 4 is 33.2 Å². The van der Waals surface area contributed by atoms with Crippen LogP contribution in [-0.2, 0) is 24.3 Å². The average Bonchev–Trinajstić information content (AvgIpc) is 3.26. The molecule has 29 heavy (non-hydrogen) atoms. The van der Waals surface area contributed by atoms with Crippen LogP contribution in [-0.4, -0.2) is 46.7 Å². The van der Waals surface area contributed by atoms with E-state index in [9.17, 15) is 18.0 Å². The van der Waals surface area contributed by atoms with Crippen molar-refractivity contribution in [3.63, 3.8) is 0 Å². The first-order chi connectivity index (χ1) is 13.8. The molecule has 1 aliphatic heterocycles. The van der Waals surface area contributed by atoms with Crippen molar-refractivity contribution in [3.8, 4) is 11.5 Å². The summed E-state index contributed by atoms with van der Waals surface area (Å²) < 4.78 is 41.9. The molecular formula is C18H20N2O7S2. The van der Waals surface area contributed by atoms with Crippen LogP contribution in [0, 0.1) is 0 Å². The number of carbonyl (C=O) groups is 2. The highest BCUT2D eigenvalue weighted by Gasteiger charge is 2.19. The number of ether oxygens (including phenoxy) is 3. The van der Waals surface area contributed by atoms with Gasteiger partial charge in [-0.25, -0.2) is 8.42 Å².